The average Bonchev–Trinajstić information content (AvgIpc) is 3.37. The minimum Gasteiger partial charge on any atom is -0.321 e. The number of amides is 2. The number of carbonyl (C=O) groups excluding carboxylic acids is 2. The second-order valence-corrected chi connectivity index (χ2v) is 7.99. The minimum absolute atomic E-state index is 0.0104. The Balaban J connectivity index is 1.32. The number of rotatable bonds is 6. The first-order valence-electron chi connectivity index (χ1n) is 9.46. The Morgan fingerprint density at radius 3 is 2.45 bits per heavy atom. The maximum Gasteiger partial charge on any atom is 0.265 e. The summed E-state index contributed by atoms with van der Waals surface area (Å²) in [5, 5.41) is 8.98. The van der Waals surface area contributed by atoms with E-state index in [-0.39, 0.29) is 23.7 Å². The molecule has 2 amide bonds. The molecule has 2 atom stereocenters. The van der Waals surface area contributed by atoms with Crippen molar-refractivity contribution in [1.29, 1.82) is 0 Å². The minimum atomic E-state index is -0.122. The van der Waals surface area contributed by atoms with Gasteiger partial charge in [-0.25, -0.2) is 5.43 Å². The fourth-order valence-corrected chi connectivity index (χ4v) is 3.85. The van der Waals surface area contributed by atoms with E-state index in [1.807, 2.05) is 60.8 Å². The smallest absolute Gasteiger partial charge is 0.265 e. The molecule has 3 aromatic rings. The van der Waals surface area contributed by atoms with Crippen LogP contribution in [0, 0.1) is 5.92 Å². The molecule has 0 bridgehead atoms. The van der Waals surface area contributed by atoms with Crippen LogP contribution in [0.4, 0.5) is 5.69 Å². The summed E-state index contributed by atoms with van der Waals surface area (Å²) in [6.07, 6.45) is 0.864. The van der Waals surface area contributed by atoms with Gasteiger partial charge >= 0.3 is 0 Å². The van der Waals surface area contributed by atoms with E-state index >= 15 is 0 Å². The van der Waals surface area contributed by atoms with Gasteiger partial charge in [0.1, 0.15) is 0 Å². The summed E-state index contributed by atoms with van der Waals surface area (Å²) in [6, 6.07) is 21.1. The van der Waals surface area contributed by atoms with Gasteiger partial charge in [-0.2, -0.15) is 5.10 Å². The quantitative estimate of drug-likeness (QED) is 0.465. The summed E-state index contributed by atoms with van der Waals surface area (Å²) in [5.41, 5.74) is 6.20. The summed E-state index contributed by atoms with van der Waals surface area (Å²) >= 11 is 1.40. The molecular weight excluding hydrogens is 382 g/mol. The zero-order valence-corrected chi connectivity index (χ0v) is 16.8. The zero-order valence-electron chi connectivity index (χ0n) is 16.0. The van der Waals surface area contributed by atoms with Crippen molar-refractivity contribution in [3.63, 3.8) is 0 Å². The van der Waals surface area contributed by atoms with Crippen LogP contribution in [0.1, 0.15) is 40.1 Å². The molecule has 6 heteroatoms. The van der Waals surface area contributed by atoms with Crippen molar-refractivity contribution in [2.24, 2.45) is 11.0 Å². The summed E-state index contributed by atoms with van der Waals surface area (Å²) in [5.74, 6) is 0.113. The normalized spacial score (nSPS) is 18.2. The number of carbonyl (C=O) groups is 2. The molecule has 5 nitrogen and oxygen atoms in total. The molecule has 1 heterocycles. The van der Waals surface area contributed by atoms with Crippen molar-refractivity contribution in [3.05, 3.63) is 88.1 Å². The van der Waals surface area contributed by atoms with E-state index in [1.165, 1.54) is 16.9 Å². The molecular formula is C23H21N3O2S. The van der Waals surface area contributed by atoms with Crippen molar-refractivity contribution >= 4 is 34.6 Å². The van der Waals surface area contributed by atoms with Gasteiger partial charge in [0.05, 0.1) is 10.6 Å². The fourth-order valence-electron chi connectivity index (χ4n) is 3.24. The van der Waals surface area contributed by atoms with E-state index in [2.05, 4.69) is 28.0 Å². The van der Waals surface area contributed by atoms with Gasteiger partial charge in [-0.1, -0.05) is 48.5 Å². The van der Waals surface area contributed by atoms with E-state index in [0.29, 0.717) is 16.3 Å². The molecule has 2 aromatic carbocycles. The van der Waals surface area contributed by atoms with Crippen molar-refractivity contribution < 1.29 is 9.59 Å². The Hall–Kier alpha value is -3.25. The van der Waals surface area contributed by atoms with Crippen molar-refractivity contribution in [2.75, 3.05) is 5.32 Å². The SMILES string of the molecule is C/C(=N/NC(=O)[C@H]1C[C@@H]1c1ccccc1)c1ccc(NC(=O)c2cccs2)cc1. The Bertz CT molecular complexity index is 1030. The van der Waals surface area contributed by atoms with Crippen LogP contribution in [0.2, 0.25) is 0 Å². The van der Waals surface area contributed by atoms with Gasteiger partial charge in [0.2, 0.25) is 5.91 Å². The van der Waals surface area contributed by atoms with Gasteiger partial charge in [0, 0.05) is 11.6 Å². The summed E-state index contributed by atoms with van der Waals surface area (Å²) in [6.45, 7) is 1.85. The lowest BCUT2D eigenvalue weighted by atomic mass is 10.1. The number of hydrogen-bond acceptors (Lipinski definition) is 4. The number of hydrogen-bond donors (Lipinski definition) is 2. The number of anilines is 1. The van der Waals surface area contributed by atoms with Gasteiger partial charge in [-0.3, -0.25) is 9.59 Å². The number of nitrogens with zero attached hydrogens (tertiary/aromatic N) is 1. The Kier molecular flexibility index (Phi) is 5.53. The maximum absolute atomic E-state index is 12.3. The number of nitrogens with one attached hydrogen (secondary N) is 2. The highest BCUT2D eigenvalue weighted by molar-refractivity contribution is 7.12. The monoisotopic (exact) mass is 403 g/mol. The predicted molar refractivity (Wildman–Crippen MR) is 116 cm³/mol. The summed E-state index contributed by atoms with van der Waals surface area (Å²) in [7, 11) is 0. The molecule has 1 aliphatic carbocycles. The Morgan fingerprint density at radius 2 is 1.76 bits per heavy atom. The van der Waals surface area contributed by atoms with E-state index in [1.54, 1.807) is 6.07 Å². The lowest BCUT2D eigenvalue weighted by molar-refractivity contribution is -0.122. The van der Waals surface area contributed by atoms with E-state index < -0.39 is 0 Å². The predicted octanol–water partition coefficient (Wildman–Crippen LogP) is 4.64. The topological polar surface area (TPSA) is 70.6 Å². The van der Waals surface area contributed by atoms with Crippen molar-refractivity contribution in [3.8, 4) is 0 Å². The molecule has 1 aromatic heterocycles. The van der Waals surface area contributed by atoms with Crippen molar-refractivity contribution in [2.45, 2.75) is 19.3 Å². The summed E-state index contributed by atoms with van der Waals surface area (Å²) in [4.78, 5) is 25.1. The van der Waals surface area contributed by atoms with Crippen LogP contribution in [-0.2, 0) is 4.79 Å². The van der Waals surface area contributed by atoms with Gasteiger partial charge in [-0.05, 0) is 54.0 Å². The van der Waals surface area contributed by atoms with Crippen LogP contribution < -0.4 is 10.7 Å². The largest absolute Gasteiger partial charge is 0.321 e. The van der Waals surface area contributed by atoms with Gasteiger partial charge in [-0.15, -0.1) is 11.3 Å². The molecule has 4 rings (SSSR count). The molecule has 1 saturated carbocycles. The molecule has 0 saturated heterocycles. The first-order chi connectivity index (χ1) is 14.1. The highest BCUT2D eigenvalue weighted by Gasteiger charge is 2.43. The van der Waals surface area contributed by atoms with Crippen LogP contribution >= 0.6 is 11.3 Å². The highest BCUT2D eigenvalue weighted by atomic mass is 32.1. The second-order valence-electron chi connectivity index (χ2n) is 7.04. The Morgan fingerprint density at radius 1 is 1.00 bits per heavy atom. The average molecular weight is 404 g/mol. The van der Waals surface area contributed by atoms with Crippen LogP contribution in [0.25, 0.3) is 0 Å². The molecule has 0 radical (unpaired) electrons. The molecule has 0 aliphatic heterocycles. The third-order valence-corrected chi connectivity index (χ3v) is 5.86. The first kappa shape index (κ1) is 19.1. The van der Waals surface area contributed by atoms with Crippen molar-refractivity contribution in [1.82, 2.24) is 5.43 Å². The van der Waals surface area contributed by atoms with E-state index in [9.17, 15) is 9.59 Å². The molecule has 0 spiro atoms. The summed E-state index contributed by atoms with van der Waals surface area (Å²) < 4.78 is 0. The van der Waals surface area contributed by atoms with Gasteiger partial charge in [0.25, 0.3) is 5.91 Å². The highest BCUT2D eigenvalue weighted by Crippen LogP contribution is 2.47. The lowest BCUT2D eigenvalue weighted by Gasteiger charge is -2.06. The second kappa shape index (κ2) is 8.41. The van der Waals surface area contributed by atoms with Crippen LogP contribution in [0.3, 0.4) is 0 Å². The van der Waals surface area contributed by atoms with Crippen LogP contribution in [-0.4, -0.2) is 17.5 Å². The van der Waals surface area contributed by atoms with Crippen LogP contribution in [0.15, 0.2) is 77.2 Å². The molecule has 2 N–H and O–H groups in total. The third kappa shape index (κ3) is 4.60. The first-order valence-corrected chi connectivity index (χ1v) is 10.3. The molecule has 0 unspecified atom stereocenters. The van der Waals surface area contributed by atoms with E-state index in [0.717, 1.165) is 12.0 Å². The number of thiophene rings is 1. The lowest BCUT2D eigenvalue weighted by Crippen LogP contribution is -2.21. The standard InChI is InChI=1S/C23H21N3O2S/c1-15(25-26-22(27)20-14-19(20)17-6-3-2-4-7-17)16-9-11-18(12-10-16)24-23(28)21-8-5-13-29-21/h2-13,19-20H,14H2,1H3,(H,24,28)(H,26,27)/b25-15-/t19-,20+/m1/s1. The molecule has 146 valence electrons. The fraction of sp³-hybridized carbons (Fsp3) is 0.174. The maximum atomic E-state index is 12.3. The van der Waals surface area contributed by atoms with Gasteiger partial charge in [0.15, 0.2) is 0 Å². The Labute approximate surface area is 173 Å². The zero-order chi connectivity index (χ0) is 20.2. The number of benzene rings is 2. The molecule has 1 fully saturated rings. The molecule has 1 aliphatic rings. The van der Waals surface area contributed by atoms with E-state index in [4.69, 9.17) is 0 Å². The number of hydrazone groups is 1. The molecule has 29 heavy (non-hydrogen) atoms. The third-order valence-electron chi connectivity index (χ3n) is 4.99. The van der Waals surface area contributed by atoms with Gasteiger partial charge < -0.3 is 5.32 Å². The van der Waals surface area contributed by atoms with Crippen LogP contribution in [0.5, 0.6) is 0 Å².